The maximum absolute atomic E-state index is 12.1. The SMILES string of the molecule is O=C(NCCC1CCCO1)c1ncccc1C#CCO. The van der Waals surface area contributed by atoms with Crippen molar-refractivity contribution < 1.29 is 14.6 Å². The molecule has 2 heterocycles. The minimum absolute atomic E-state index is 0.241. The zero-order valence-electron chi connectivity index (χ0n) is 11.3. The summed E-state index contributed by atoms with van der Waals surface area (Å²) in [5.74, 6) is 5.01. The number of aliphatic hydroxyl groups is 1. The average Bonchev–Trinajstić information content (AvgIpc) is 2.98. The molecular formula is C15H18N2O3. The first-order chi connectivity index (χ1) is 9.81. The maximum Gasteiger partial charge on any atom is 0.271 e. The summed E-state index contributed by atoms with van der Waals surface area (Å²) >= 11 is 0. The number of aliphatic hydroxyl groups excluding tert-OH is 1. The number of nitrogens with zero attached hydrogens (tertiary/aromatic N) is 1. The van der Waals surface area contributed by atoms with E-state index in [1.807, 2.05) is 0 Å². The van der Waals surface area contributed by atoms with Crippen LogP contribution < -0.4 is 5.32 Å². The van der Waals surface area contributed by atoms with E-state index in [4.69, 9.17) is 9.84 Å². The Labute approximate surface area is 118 Å². The number of amides is 1. The zero-order chi connectivity index (χ0) is 14.2. The van der Waals surface area contributed by atoms with Gasteiger partial charge in [-0.1, -0.05) is 11.8 Å². The number of aromatic nitrogens is 1. The molecule has 1 aromatic rings. The summed E-state index contributed by atoms with van der Waals surface area (Å²) < 4.78 is 5.50. The smallest absolute Gasteiger partial charge is 0.271 e. The lowest BCUT2D eigenvalue weighted by molar-refractivity contribution is 0.0903. The highest BCUT2D eigenvalue weighted by atomic mass is 16.5. The molecule has 1 unspecified atom stereocenters. The molecular weight excluding hydrogens is 256 g/mol. The highest BCUT2D eigenvalue weighted by Crippen LogP contribution is 2.14. The number of carbonyl (C=O) groups excluding carboxylic acids is 1. The summed E-state index contributed by atoms with van der Waals surface area (Å²) in [5.41, 5.74) is 0.817. The molecule has 1 aromatic heterocycles. The topological polar surface area (TPSA) is 71.5 Å². The number of ether oxygens (including phenoxy) is 1. The number of nitrogens with one attached hydrogen (secondary N) is 1. The number of hydrogen-bond acceptors (Lipinski definition) is 4. The standard InChI is InChI=1S/C15H18N2O3/c18-10-2-5-12-4-1-8-16-14(12)15(19)17-9-7-13-6-3-11-20-13/h1,4,8,13,18H,3,6-7,9-11H2,(H,17,19). The molecule has 5 heteroatoms. The molecule has 0 aromatic carbocycles. The second kappa shape index (κ2) is 7.63. The van der Waals surface area contributed by atoms with Crippen molar-refractivity contribution in [2.45, 2.75) is 25.4 Å². The van der Waals surface area contributed by atoms with Gasteiger partial charge in [0.15, 0.2) is 0 Å². The van der Waals surface area contributed by atoms with E-state index in [0.29, 0.717) is 17.8 Å². The van der Waals surface area contributed by atoms with E-state index in [-0.39, 0.29) is 18.6 Å². The molecule has 106 valence electrons. The van der Waals surface area contributed by atoms with E-state index in [9.17, 15) is 4.79 Å². The summed E-state index contributed by atoms with van der Waals surface area (Å²) in [6.45, 7) is 1.14. The van der Waals surface area contributed by atoms with E-state index >= 15 is 0 Å². The third-order valence-corrected chi connectivity index (χ3v) is 3.10. The van der Waals surface area contributed by atoms with Crippen LogP contribution in [0, 0.1) is 11.8 Å². The summed E-state index contributed by atoms with van der Waals surface area (Å²) in [6, 6.07) is 3.43. The molecule has 0 radical (unpaired) electrons. The van der Waals surface area contributed by atoms with Crippen molar-refractivity contribution in [3.8, 4) is 11.8 Å². The van der Waals surface area contributed by atoms with E-state index in [1.54, 1.807) is 18.3 Å². The van der Waals surface area contributed by atoms with Gasteiger partial charge < -0.3 is 15.2 Å². The first-order valence-corrected chi connectivity index (χ1v) is 6.76. The molecule has 0 bridgehead atoms. The van der Waals surface area contributed by atoms with Gasteiger partial charge in [0, 0.05) is 19.3 Å². The molecule has 1 atom stereocenters. The van der Waals surface area contributed by atoms with Gasteiger partial charge in [-0.3, -0.25) is 4.79 Å². The molecule has 1 fully saturated rings. The monoisotopic (exact) mass is 274 g/mol. The quantitative estimate of drug-likeness (QED) is 0.794. The molecule has 1 aliphatic heterocycles. The van der Waals surface area contributed by atoms with Crippen LogP contribution in [-0.2, 0) is 4.74 Å². The number of carbonyl (C=O) groups is 1. The lowest BCUT2D eigenvalue weighted by Crippen LogP contribution is -2.28. The molecule has 5 nitrogen and oxygen atoms in total. The Morgan fingerprint density at radius 2 is 2.50 bits per heavy atom. The normalized spacial score (nSPS) is 17.4. The molecule has 0 aliphatic carbocycles. The highest BCUT2D eigenvalue weighted by Gasteiger charge is 2.16. The molecule has 0 saturated carbocycles. The minimum Gasteiger partial charge on any atom is -0.384 e. The summed E-state index contributed by atoms with van der Waals surface area (Å²) in [7, 11) is 0. The first-order valence-electron chi connectivity index (χ1n) is 6.76. The van der Waals surface area contributed by atoms with Gasteiger partial charge in [-0.2, -0.15) is 0 Å². The van der Waals surface area contributed by atoms with Gasteiger partial charge in [-0.05, 0) is 31.4 Å². The Hall–Kier alpha value is -1.90. The lowest BCUT2D eigenvalue weighted by Gasteiger charge is -2.10. The molecule has 2 N–H and O–H groups in total. The van der Waals surface area contributed by atoms with Gasteiger partial charge in [0.25, 0.3) is 5.91 Å². The van der Waals surface area contributed by atoms with Crippen molar-refractivity contribution in [1.29, 1.82) is 0 Å². The fourth-order valence-corrected chi connectivity index (χ4v) is 2.12. The van der Waals surface area contributed by atoms with E-state index in [0.717, 1.165) is 25.9 Å². The third kappa shape index (κ3) is 4.05. The van der Waals surface area contributed by atoms with Crippen molar-refractivity contribution in [2.24, 2.45) is 0 Å². The predicted molar refractivity (Wildman–Crippen MR) is 74.1 cm³/mol. The van der Waals surface area contributed by atoms with Gasteiger partial charge in [0.2, 0.25) is 0 Å². The van der Waals surface area contributed by atoms with Crippen molar-refractivity contribution in [1.82, 2.24) is 10.3 Å². The Kier molecular flexibility index (Phi) is 5.54. The summed E-state index contributed by atoms with van der Waals surface area (Å²) in [6.07, 6.45) is 4.79. The third-order valence-electron chi connectivity index (χ3n) is 3.10. The van der Waals surface area contributed by atoms with Crippen LogP contribution in [0.1, 0.15) is 35.3 Å². The average molecular weight is 274 g/mol. The van der Waals surface area contributed by atoms with Gasteiger partial charge in [-0.25, -0.2) is 4.98 Å². The first kappa shape index (κ1) is 14.5. The van der Waals surface area contributed by atoms with Crippen LogP contribution in [0.3, 0.4) is 0 Å². The number of pyridine rings is 1. The van der Waals surface area contributed by atoms with Crippen molar-refractivity contribution >= 4 is 5.91 Å². The molecule has 0 spiro atoms. The fourth-order valence-electron chi connectivity index (χ4n) is 2.12. The van der Waals surface area contributed by atoms with Gasteiger partial charge in [-0.15, -0.1) is 0 Å². The summed E-state index contributed by atoms with van der Waals surface area (Å²) in [5, 5.41) is 11.5. The van der Waals surface area contributed by atoms with Crippen LogP contribution in [0.2, 0.25) is 0 Å². The molecule has 1 aliphatic rings. The number of rotatable bonds is 4. The largest absolute Gasteiger partial charge is 0.384 e. The molecule has 20 heavy (non-hydrogen) atoms. The van der Waals surface area contributed by atoms with Crippen LogP contribution in [0.15, 0.2) is 18.3 Å². The summed E-state index contributed by atoms with van der Waals surface area (Å²) in [4.78, 5) is 16.1. The Morgan fingerprint density at radius 3 is 3.25 bits per heavy atom. The molecule has 1 amide bonds. The van der Waals surface area contributed by atoms with Gasteiger partial charge in [0.05, 0.1) is 11.7 Å². The maximum atomic E-state index is 12.1. The van der Waals surface area contributed by atoms with E-state index < -0.39 is 0 Å². The Morgan fingerprint density at radius 1 is 1.60 bits per heavy atom. The predicted octanol–water partition coefficient (Wildman–Crippen LogP) is 0.724. The van der Waals surface area contributed by atoms with Crippen LogP contribution in [-0.4, -0.2) is 41.9 Å². The Balaban J connectivity index is 1.91. The molecule has 2 rings (SSSR count). The second-order valence-electron chi connectivity index (χ2n) is 4.54. The Bertz CT molecular complexity index is 513. The van der Waals surface area contributed by atoms with Gasteiger partial charge in [0.1, 0.15) is 12.3 Å². The van der Waals surface area contributed by atoms with Crippen molar-refractivity contribution in [3.05, 3.63) is 29.6 Å². The van der Waals surface area contributed by atoms with E-state index in [2.05, 4.69) is 22.1 Å². The van der Waals surface area contributed by atoms with Gasteiger partial charge >= 0.3 is 0 Å². The molecule has 1 saturated heterocycles. The minimum atomic E-state index is -0.245. The van der Waals surface area contributed by atoms with Crippen molar-refractivity contribution in [2.75, 3.05) is 19.8 Å². The van der Waals surface area contributed by atoms with Crippen molar-refractivity contribution in [3.63, 3.8) is 0 Å². The lowest BCUT2D eigenvalue weighted by atomic mass is 10.1. The van der Waals surface area contributed by atoms with Crippen LogP contribution in [0.4, 0.5) is 0 Å². The van der Waals surface area contributed by atoms with Crippen LogP contribution >= 0.6 is 0 Å². The van der Waals surface area contributed by atoms with Crippen LogP contribution in [0.25, 0.3) is 0 Å². The fraction of sp³-hybridized carbons (Fsp3) is 0.467. The second-order valence-corrected chi connectivity index (χ2v) is 4.54. The zero-order valence-corrected chi connectivity index (χ0v) is 11.3. The highest BCUT2D eigenvalue weighted by molar-refractivity contribution is 5.94. The number of hydrogen-bond donors (Lipinski definition) is 2. The van der Waals surface area contributed by atoms with Crippen LogP contribution in [0.5, 0.6) is 0 Å². The van der Waals surface area contributed by atoms with E-state index in [1.165, 1.54) is 0 Å².